The number of carbonyl (C=O) groups is 1. The first-order valence-corrected chi connectivity index (χ1v) is 10.7. The molecule has 0 amide bonds. The quantitative estimate of drug-likeness (QED) is 0.508. The number of carbonyl (C=O) groups excluding carboxylic acids is 1. The van der Waals surface area contributed by atoms with Crippen LogP contribution in [0.15, 0.2) is 60.7 Å². The van der Waals surface area contributed by atoms with Gasteiger partial charge in [0.1, 0.15) is 17.4 Å². The third kappa shape index (κ3) is 4.28. The third-order valence-electron chi connectivity index (χ3n) is 5.95. The fourth-order valence-electron chi connectivity index (χ4n) is 4.20. The minimum absolute atomic E-state index is 0.0303. The number of nitrogens with zero attached hydrogens (tertiary/aromatic N) is 2. The second-order valence-electron chi connectivity index (χ2n) is 7.91. The number of hydrogen-bond donors (Lipinski definition) is 2. The molecule has 0 bridgehead atoms. The molecular weight excluding hydrogens is 448 g/mol. The van der Waals surface area contributed by atoms with Gasteiger partial charge >= 0.3 is 0 Å². The van der Waals surface area contributed by atoms with Crippen LogP contribution < -0.4 is 10.2 Å². The molecule has 1 aliphatic rings. The predicted octanol–water partition coefficient (Wildman–Crippen LogP) is 4.82. The van der Waals surface area contributed by atoms with E-state index in [9.17, 15) is 23.9 Å². The van der Waals surface area contributed by atoms with E-state index < -0.39 is 17.2 Å². The number of phenolic OH excluding ortho intramolecular Hbond substituents is 1. The lowest BCUT2D eigenvalue weighted by Crippen LogP contribution is -2.56. The number of rotatable bonds is 6. The zero-order chi connectivity index (χ0) is 23.6. The third-order valence-corrected chi connectivity index (χ3v) is 6.26. The van der Waals surface area contributed by atoms with Gasteiger partial charge in [-0.2, -0.15) is 5.26 Å². The second kappa shape index (κ2) is 9.18. The summed E-state index contributed by atoms with van der Waals surface area (Å²) in [5, 5.41) is 22.3. The molecule has 4 rings (SSSR count). The number of anilines is 1. The van der Waals surface area contributed by atoms with E-state index in [0.717, 1.165) is 6.07 Å². The van der Waals surface area contributed by atoms with Gasteiger partial charge in [-0.1, -0.05) is 23.7 Å². The Labute approximate surface area is 194 Å². The fourth-order valence-corrected chi connectivity index (χ4v) is 4.42. The minimum atomic E-state index is -1.13. The maximum absolute atomic E-state index is 14.7. The van der Waals surface area contributed by atoms with E-state index in [1.165, 1.54) is 42.5 Å². The summed E-state index contributed by atoms with van der Waals surface area (Å²) < 4.78 is 28.6. The lowest BCUT2D eigenvalue weighted by Gasteiger charge is -2.41. The standard InChI is InChI=1S/C25H20ClF2N3O2/c26-21-12-19(7-4-17(21)13-29)31(14-18-2-1-3-22(27)23(18)28)25(10-11-30-15-25)24(33)16-5-8-20(32)9-6-16/h1-9,12,30,32H,10-11,14-15H2/t25-/m0/s1. The lowest BCUT2D eigenvalue weighted by molar-refractivity contribution is 0.0892. The highest BCUT2D eigenvalue weighted by Gasteiger charge is 2.47. The van der Waals surface area contributed by atoms with Crippen LogP contribution in [0.5, 0.6) is 5.75 Å². The van der Waals surface area contributed by atoms with Crippen LogP contribution in [-0.2, 0) is 6.54 Å². The smallest absolute Gasteiger partial charge is 0.189 e. The molecule has 3 aromatic carbocycles. The van der Waals surface area contributed by atoms with E-state index in [1.54, 1.807) is 17.0 Å². The van der Waals surface area contributed by atoms with Crippen LogP contribution in [0.25, 0.3) is 0 Å². The average molecular weight is 468 g/mol. The summed E-state index contributed by atoms with van der Waals surface area (Å²) in [6.07, 6.45) is 0.404. The minimum Gasteiger partial charge on any atom is -0.508 e. The monoisotopic (exact) mass is 467 g/mol. The van der Waals surface area contributed by atoms with Crippen molar-refractivity contribution in [3.63, 3.8) is 0 Å². The summed E-state index contributed by atoms with van der Waals surface area (Å²) in [4.78, 5) is 15.5. The van der Waals surface area contributed by atoms with Crippen LogP contribution in [0.3, 0.4) is 0 Å². The van der Waals surface area contributed by atoms with Gasteiger partial charge in [-0.3, -0.25) is 4.79 Å². The molecule has 1 heterocycles. The Morgan fingerprint density at radius 2 is 1.94 bits per heavy atom. The first-order chi connectivity index (χ1) is 15.9. The van der Waals surface area contributed by atoms with Crippen LogP contribution in [0.4, 0.5) is 14.5 Å². The van der Waals surface area contributed by atoms with Crippen molar-refractivity contribution >= 4 is 23.1 Å². The molecule has 1 atom stereocenters. The van der Waals surface area contributed by atoms with Gasteiger partial charge in [-0.25, -0.2) is 8.78 Å². The number of benzene rings is 3. The summed E-state index contributed by atoms with van der Waals surface area (Å²) >= 11 is 6.29. The van der Waals surface area contributed by atoms with Gasteiger partial charge in [-0.15, -0.1) is 0 Å². The average Bonchev–Trinajstić information content (AvgIpc) is 3.31. The van der Waals surface area contributed by atoms with Crippen LogP contribution in [0, 0.1) is 23.0 Å². The van der Waals surface area contributed by atoms with Crippen molar-refractivity contribution in [2.24, 2.45) is 0 Å². The van der Waals surface area contributed by atoms with E-state index >= 15 is 0 Å². The molecule has 1 fully saturated rings. The molecule has 0 radical (unpaired) electrons. The zero-order valence-corrected chi connectivity index (χ0v) is 18.2. The van der Waals surface area contributed by atoms with Gasteiger partial charge in [0.25, 0.3) is 0 Å². The first-order valence-electron chi connectivity index (χ1n) is 10.3. The summed E-state index contributed by atoms with van der Waals surface area (Å²) in [5.41, 5.74) is 0.0909. The van der Waals surface area contributed by atoms with Crippen molar-refractivity contribution in [3.05, 3.63) is 94.0 Å². The Balaban J connectivity index is 1.86. The van der Waals surface area contributed by atoms with Crippen molar-refractivity contribution in [2.75, 3.05) is 18.0 Å². The zero-order valence-electron chi connectivity index (χ0n) is 17.5. The Morgan fingerprint density at radius 1 is 1.18 bits per heavy atom. The predicted molar refractivity (Wildman–Crippen MR) is 121 cm³/mol. The molecule has 1 saturated heterocycles. The summed E-state index contributed by atoms with van der Waals surface area (Å²) in [7, 11) is 0. The van der Waals surface area contributed by atoms with Gasteiger partial charge in [0.05, 0.1) is 10.6 Å². The van der Waals surface area contributed by atoms with Gasteiger partial charge < -0.3 is 15.3 Å². The maximum Gasteiger partial charge on any atom is 0.189 e. The van der Waals surface area contributed by atoms with Crippen molar-refractivity contribution in [1.29, 1.82) is 5.26 Å². The Bertz CT molecular complexity index is 1240. The van der Waals surface area contributed by atoms with Gasteiger partial charge in [-0.05, 0) is 61.5 Å². The summed E-state index contributed by atoms with van der Waals surface area (Å²) in [6.45, 7) is 0.703. The highest BCUT2D eigenvalue weighted by molar-refractivity contribution is 6.32. The second-order valence-corrected chi connectivity index (χ2v) is 8.32. The van der Waals surface area contributed by atoms with Crippen molar-refractivity contribution in [3.8, 4) is 11.8 Å². The number of halogens is 3. The number of aromatic hydroxyl groups is 1. The Hall–Kier alpha value is -3.47. The van der Waals surface area contributed by atoms with Gasteiger partial charge in [0.2, 0.25) is 0 Å². The molecule has 1 aliphatic heterocycles. The molecule has 0 saturated carbocycles. The van der Waals surface area contributed by atoms with Crippen LogP contribution >= 0.6 is 11.6 Å². The topological polar surface area (TPSA) is 76.4 Å². The van der Waals surface area contributed by atoms with E-state index in [2.05, 4.69) is 5.32 Å². The molecule has 168 valence electrons. The summed E-state index contributed by atoms with van der Waals surface area (Å²) in [5.74, 6) is -2.17. The molecule has 0 spiro atoms. The number of phenols is 1. The molecule has 5 nitrogen and oxygen atoms in total. The van der Waals surface area contributed by atoms with E-state index in [0.29, 0.717) is 24.2 Å². The van der Waals surface area contributed by atoms with Gasteiger partial charge in [0.15, 0.2) is 17.4 Å². The van der Waals surface area contributed by atoms with Crippen molar-refractivity contribution < 1.29 is 18.7 Å². The number of hydrogen-bond acceptors (Lipinski definition) is 5. The molecule has 3 aromatic rings. The highest BCUT2D eigenvalue weighted by atomic mass is 35.5. The fraction of sp³-hybridized carbons (Fsp3) is 0.200. The van der Waals surface area contributed by atoms with Crippen LogP contribution in [0.2, 0.25) is 5.02 Å². The van der Waals surface area contributed by atoms with E-state index in [4.69, 9.17) is 11.6 Å². The lowest BCUT2D eigenvalue weighted by atomic mass is 9.85. The normalized spacial score (nSPS) is 17.5. The number of Topliss-reactive ketones (excluding diaryl/α,β-unsaturated/α-hetero) is 1. The summed E-state index contributed by atoms with van der Waals surface area (Å²) in [6, 6.07) is 16.6. The first kappa shape index (κ1) is 22.7. The number of ketones is 1. The SMILES string of the molecule is N#Cc1ccc(N(Cc2cccc(F)c2F)[C@@]2(C(=O)c3ccc(O)cc3)CCNC2)cc1Cl. The number of nitrogens with one attached hydrogen (secondary N) is 1. The van der Waals surface area contributed by atoms with Gasteiger partial charge in [0, 0.05) is 29.9 Å². The van der Waals surface area contributed by atoms with E-state index in [-0.39, 0.29) is 40.8 Å². The van der Waals surface area contributed by atoms with Crippen LogP contribution in [0.1, 0.15) is 27.9 Å². The molecular formula is C25H20ClF2N3O2. The molecule has 0 unspecified atom stereocenters. The molecule has 2 N–H and O–H groups in total. The highest BCUT2D eigenvalue weighted by Crippen LogP contribution is 2.36. The maximum atomic E-state index is 14.7. The Kier molecular flexibility index (Phi) is 6.32. The van der Waals surface area contributed by atoms with E-state index in [1.807, 2.05) is 6.07 Å². The largest absolute Gasteiger partial charge is 0.508 e. The van der Waals surface area contributed by atoms with Crippen molar-refractivity contribution in [1.82, 2.24) is 5.32 Å². The molecule has 33 heavy (non-hydrogen) atoms. The Morgan fingerprint density at radius 3 is 2.58 bits per heavy atom. The number of nitriles is 1. The molecule has 0 aliphatic carbocycles. The van der Waals surface area contributed by atoms with Crippen LogP contribution in [-0.4, -0.2) is 29.5 Å². The molecule has 8 heteroatoms. The van der Waals surface area contributed by atoms with Crippen molar-refractivity contribution in [2.45, 2.75) is 18.5 Å². The molecule has 0 aromatic heterocycles.